The molecule has 2 rings (SSSR count). The topological polar surface area (TPSA) is 75.4 Å². The number of carbonyl (C=O) groups is 2. The fourth-order valence-electron chi connectivity index (χ4n) is 2.01. The molecule has 0 radical (unpaired) electrons. The quantitative estimate of drug-likeness (QED) is 0.785. The van der Waals surface area contributed by atoms with E-state index in [1.54, 1.807) is 24.3 Å². The lowest BCUT2D eigenvalue weighted by molar-refractivity contribution is 0.0766. The molecule has 1 aliphatic heterocycles. The number of hydrogen-bond acceptors (Lipinski definition) is 3. The molecule has 1 heterocycles. The van der Waals surface area contributed by atoms with Gasteiger partial charge in [-0.1, -0.05) is 0 Å². The largest absolute Gasteiger partial charge is 0.366 e. The highest BCUT2D eigenvalue weighted by Crippen LogP contribution is 2.08. The summed E-state index contributed by atoms with van der Waals surface area (Å²) in [4.78, 5) is 25.0. The number of amides is 2. The molecule has 1 aromatic rings. The van der Waals surface area contributed by atoms with Crippen molar-refractivity contribution in [1.29, 1.82) is 0 Å². The zero-order valence-corrected chi connectivity index (χ0v) is 10.2. The van der Waals surface area contributed by atoms with E-state index in [0.29, 0.717) is 11.1 Å². The first-order chi connectivity index (χ1) is 8.68. The van der Waals surface area contributed by atoms with Gasteiger partial charge < -0.3 is 16.0 Å². The van der Waals surface area contributed by atoms with Crippen molar-refractivity contribution in [3.63, 3.8) is 0 Å². The van der Waals surface area contributed by atoms with Crippen molar-refractivity contribution in [3.05, 3.63) is 35.4 Å². The summed E-state index contributed by atoms with van der Waals surface area (Å²) >= 11 is 0. The molecule has 1 saturated heterocycles. The Morgan fingerprint density at radius 3 is 2.39 bits per heavy atom. The Labute approximate surface area is 106 Å². The Kier molecular flexibility index (Phi) is 3.94. The number of primary amides is 1. The highest BCUT2D eigenvalue weighted by atomic mass is 16.2. The number of rotatable bonds is 2. The predicted octanol–water partition coefficient (Wildman–Crippen LogP) is 0.221. The number of nitrogens with two attached hydrogens (primary N) is 1. The summed E-state index contributed by atoms with van der Waals surface area (Å²) in [6, 6.07) is 6.48. The van der Waals surface area contributed by atoms with Crippen molar-refractivity contribution in [3.8, 4) is 0 Å². The number of hydrogen-bond donors (Lipinski definition) is 2. The Balaban J connectivity index is 2.10. The average molecular weight is 247 g/mol. The van der Waals surface area contributed by atoms with Crippen LogP contribution in [0.4, 0.5) is 0 Å². The molecular weight excluding hydrogens is 230 g/mol. The van der Waals surface area contributed by atoms with Crippen LogP contribution >= 0.6 is 0 Å². The van der Waals surface area contributed by atoms with E-state index >= 15 is 0 Å². The molecule has 0 aliphatic carbocycles. The van der Waals surface area contributed by atoms with Crippen LogP contribution in [-0.2, 0) is 0 Å². The number of nitrogens with zero attached hydrogens (tertiary/aromatic N) is 1. The third-order valence-electron chi connectivity index (χ3n) is 3.04. The standard InChI is InChI=1S/C13H17N3O2/c14-12(17)10-2-4-11(5-3-10)13(18)16-8-1-6-15-7-9-16/h2-5,15H,1,6-9H2,(H2,14,17). The fraction of sp³-hybridized carbons (Fsp3) is 0.385. The molecular formula is C13H17N3O2. The molecule has 0 atom stereocenters. The van der Waals surface area contributed by atoms with Crippen molar-refractivity contribution >= 4 is 11.8 Å². The van der Waals surface area contributed by atoms with E-state index in [1.807, 2.05) is 4.90 Å². The zero-order chi connectivity index (χ0) is 13.0. The molecule has 1 aromatic carbocycles. The molecule has 1 aliphatic rings. The van der Waals surface area contributed by atoms with Gasteiger partial charge in [0.2, 0.25) is 5.91 Å². The Bertz CT molecular complexity index is 434. The van der Waals surface area contributed by atoms with Crippen molar-refractivity contribution < 1.29 is 9.59 Å². The molecule has 96 valence electrons. The van der Waals surface area contributed by atoms with Crippen LogP contribution in [0.15, 0.2) is 24.3 Å². The SMILES string of the molecule is NC(=O)c1ccc(C(=O)N2CCCNCC2)cc1. The van der Waals surface area contributed by atoms with Crippen LogP contribution in [0.2, 0.25) is 0 Å². The van der Waals surface area contributed by atoms with E-state index in [-0.39, 0.29) is 5.91 Å². The number of carbonyl (C=O) groups excluding carboxylic acids is 2. The van der Waals surface area contributed by atoms with E-state index in [0.717, 1.165) is 32.6 Å². The van der Waals surface area contributed by atoms with Crippen molar-refractivity contribution in [1.82, 2.24) is 10.2 Å². The van der Waals surface area contributed by atoms with Crippen LogP contribution in [-0.4, -0.2) is 42.9 Å². The molecule has 0 unspecified atom stereocenters. The van der Waals surface area contributed by atoms with Gasteiger partial charge in [-0.25, -0.2) is 0 Å². The molecule has 2 amide bonds. The first kappa shape index (κ1) is 12.6. The number of benzene rings is 1. The number of nitrogens with one attached hydrogen (secondary N) is 1. The van der Waals surface area contributed by atoms with Gasteiger partial charge in [0.1, 0.15) is 0 Å². The van der Waals surface area contributed by atoms with E-state index < -0.39 is 5.91 Å². The van der Waals surface area contributed by atoms with Gasteiger partial charge in [0.05, 0.1) is 0 Å². The molecule has 5 nitrogen and oxygen atoms in total. The smallest absolute Gasteiger partial charge is 0.253 e. The third kappa shape index (κ3) is 2.87. The minimum Gasteiger partial charge on any atom is -0.366 e. The third-order valence-corrected chi connectivity index (χ3v) is 3.04. The second kappa shape index (κ2) is 5.64. The van der Waals surface area contributed by atoms with Gasteiger partial charge in [-0.2, -0.15) is 0 Å². The van der Waals surface area contributed by atoms with E-state index in [9.17, 15) is 9.59 Å². The van der Waals surface area contributed by atoms with Crippen LogP contribution in [0.1, 0.15) is 27.1 Å². The van der Waals surface area contributed by atoms with Gasteiger partial charge in [0.15, 0.2) is 0 Å². The second-order valence-corrected chi connectivity index (χ2v) is 4.34. The first-order valence-electron chi connectivity index (χ1n) is 6.08. The summed E-state index contributed by atoms with van der Waals surface area (Å²) < 4.78 is 0. The van der Waals surface area contributed by atoms with Gasteiger partial charge in [-0.15, -0.1) is 0 Å². The summed E-state index contributed by atoms with van der Waals surface area (Å²) in [5.74, 6) is -0.470. The summed E-state index contributed by atoms with van der Waals surface area (Å²) in [5.41, 5.74) is 6.18. The lowest BCUT2D eigenvalue weighted by Gasteiger charge is -2.19. The normalized spacial score (nSPS) is 16.1. The van der Waals surface area contributed by atoms with Crippen LogP contribution in [0.5, 0.6) is 0 Å². The maximum atomic E-state index is 12.2. The maximum absolute atomic E-state index is 12.2. The monoisotopic (exact) mass is 247 g/mol. The molecule has 5 heteroatoms. The van der Waals surface area contributed by atoms with Crippen LogP contribution in [0, 0.1) is 0 Å². The molecule has 0 spiro atoms. The van der Waals surface area contributed by atoms with Crippen molar-refractivity contribution in [2.24, 2.45) is 5.73 Å². The highest BCUT2D eigenvalue weighted by molar-refractivity contribution is 5.97. The summed E-state index contributed by atoms with van der Waals surface area (Å²) in [6.07, 6.45) is 0.963. The Morgan fingerprint density at radius 1 is 1.06 bits per heavy atom. The Hall–Kier alpha value is -1.88. The second-order valence-electron chi connectivity index (χ2n) is 4.34. The van der Waals surface area contributed by atoms with Crippen LogP contribution in [0.25, 0.3) is 0 Å². The summed E-state index contributed by atoms with van der Waals surface area (Å²) in [7, 11) is 0. The van der Waals surface area contributed by atoms with Crippen molar-refractivity contribution in [2.75, 3.05) is 26.2 Å². The van der Waals surface area contributed by atoms with Gasteiger partial charge in [-0.05, 0) is 37.2 Å². The molecule has 0 bridgehead atoms. The van der Waals surface area contributed by atoms with E-state index in [4.69, 9.17) is 5.73 Å². The highest BCUT2D eigenvalue weighted by Gasteiger charge is 2.17. The molecule has 0 aromatic heterocycles. The Morgan fingerprint density at radius 2 is 1.72 bits per heavy atom. The van der Waals surface area contributed by atoms with Crippen molar-refractivity contribution in [2.45, 2.75) is 6.42 Å². The van der Waals surface area contributed by atoms with Gasteiger partial charge in [0.25, 0.3) is 5.91 Å². The van der Waals surface area contributed by atoms with E-state index in [1.165, 1.54) is 0 Å². The lowest BCUT2D eigenvalue weighted by Crippen LogP contribution is -2.34. The summed E-state index contributed by atoms with van der Waals surface area (Å²) in [5, 5.41) is 3.25. The minimum atomic E-state index is -0.479. The van der Waals surface area contributed by atoms with E-state index in [2.05, 4.69) is 5.32 Å². The molecule has 1 fully saturated rings. The average Bonchev–Trinajstić information content (AvgIpc) is 2.67. The maximum Gasteiger partial charge on any atom is 0.253 e. The first-order valence-corrected chi connectivity index (χ1v) is 6.08. The fourth-order valence-corrected chi connectivity index (χ4v) is 2.01. The van der Waals surface area contributed by atoms with Gasteiger partial charge >= 0.3 is 0 Å². The molecule has 3 N–H and O–H groups in total. The van der Waals surface area contributed by atoms with Gasteiger partial charge in [0, 0.05) is 30.8 Å². The molecule has 0 saturated carbocycles. The predicted molar refractivity (Wildman–Crippen MR) is 68.4 cm³/mol. The summed E-state index contributed by atoms with van der Waals surface area (Å²) in [6.45, 7) is 3.26. The molecule has 18 heavy (non-hydrogen) atoms. The van der Waals surface area contributed by atoms with Crippen LogP contribution < -0.4 is 11.1 Å². The lowest BCUT2D eigenvalue weighted by atomic mass is 10.1. The zero-order valence-electron chi connectivity index (χ0n) is 10.2. The minimum absolute atomic E-state index is 0.00900. The van der Waals surface area contributed by atoms with Crippen LogP contribution in [0.3, 0.4) is 0 Å². The van der Waals surface area contributed by atoms with Gasteiger partial charge in [-0.3, -0.25) is 9.59 Å².